The number of nitrogens with zero attached hydrogens (tertiary/aromatic N) is 1. The topological polar surface area (TPSA) is 22.1 Å². The molecule has 0 saturated heterocycles. The SMILES string of the molecule is CC[CH]Oc1ccncc1. The molecule has 0 aliphatic heterocycles. The van der Waals surface area contributed by atoms with Crippen molar-refractivity contribution < 1.29 is 4.74 Å². The van der Waals surface area contributed by atoms with E-state index in [0.717, 1.165) is 12.2 Å². The molecule has 0 bridgehead atoms. The van der Waals surface area contributed by atoms with E-state index in [1.807, 2.05) is 19.1 Å². The fourth-order valence-electron chi connectivity index (χ4n) is 0.596. The Bertz CT molecular complexity index is 174. The molecule has 0 aliphatic carbocycles. The number of hydrogen-bond donors (Lipinski definition) is 0. The molecule has 0 atom stereocenters. The van der Waals surface area contributed by atoms with Crippen molar-refractivity contribution in [2.24, 2.45) is 0 Å². The van der Waals surface area contributed by atoms with Gasteiger partial charge in [-0.1, -0.05) is 6.92 Å². The van der Waals surface area contributed by atoms with Crippen molar-refractivity contribution >= 4 is 0 Å². The molecule has 0 spiro atoms. The summed E-state index contributed by atoms with van der Waals surface area (Å²) in [6, 6.07) is 3.65. The molecule has 1 aromatic rings. The normalized spacial score (nSPS) is 9.30. The molecule has 0 fully saturated rings. The van der Waals surface area contributed by atoms with E-state index >= 15 is 0 Å². The van der Waals surface area contributed by atoms with E-state index in [1.54, 1.807) is 19.0 Å². The Balaban J connectivity index is 2.43. The van der Waals surface area contributed by atoms with Gasteiger partial charge in [0.25, 0.3) is 0 Å². The third-order valence-corrected chi connectivity index (χ3v) is 1.04. The average Bonchev–Trinajstić information content (AvgIpc) is 2.03. The van der Waals surface area contributed by atoms with Gasteiger partial charge in [-0.25, -0.2) is 0 Å². The zero-order valence-corrected chi connectivity index (χ0v) is 5.95. The minimum absolute atomic E-state index is 0.844. The second-order valence-corrected chi connectivity index (χ2v) is 1.88. The molecular weight excluding hydrogens is 126 g/mol. The van der Waals surface area contributed by atoms with E-state index < -0.39 is 0 Å². The van der Waals surface area contributed by atoms with E-state index in [-0.39, 0.29) is 0 Å². The van der Waals surface area contributed by atoms with Crippen LogP contribution in [0.15, 0.2) is 24.5 Å². The summed E-state index contributed by atoms with van der Waals surface area (Å²) in [6.45, 7) is 3.79. The van der Waals surface area contributed by atoms with Gasteiger partial charge in [0, 0.05) is 12.4 Å². The van der Waals surface area contributed by atoms with Crippen LogP contribution in [0.4, 0.5) is 0 Å². The molecule has 2 heteroatoms. The van der Waals surface area contributed by atoms with Crippen LogP contribution in [0.3, 0.4) is 0 Å². The number of rotatable bonds is 3. The van der Waals surface area contributed by atoms with Gasteiger partial charge < -0.3 is 4.74 Å². The van der Waals surface area contributed by atoms with Crippen molar-refractivity contribution in [3.63, 3.8) is 0 Å². The Morgan fingerprint density at radius 3 is 2.80 bits per heavy atom. The van der Waals surface area contributed by atoms with Crippen molar-refractivity contribution in [2.75, 3.05) is 0 Å². The van der Waals surface area contributed by atoms with Crippen molar-refractivity contribution in [2.45, 2.75) is 13.3 Å². The van der Waals surface area contributed by atoms with Crippen LogP contribution in [-0.2, 0) is 0 Å². The highest BCUT2D eigenvalue weighted by atomic mass is 16.5. The molecule has 1 radical (unpaired) electrons. The molecule has 1 heterocycles. The first kappa shape index (κ1) is 7.06. The van der Waals surface area contributed by atoms with Gasteiger partial charge in [0.1, 0.15) is 12.4 Å². The first-order chi connectivity index (χ1) is 4.93. The number of pyridine rings is 1. The van der Waals surface area contributed by atoms with Crippen molar-refractivity contribution in [1.29, 1.82) is 0 Å². The Labute approximate surface area is 60.9 Å². The van der Waals surface area contributed by atoms with Crippen LogP contribution >= 0.6 is 0 Å². The summed E-state index contributed by atoms with van der Waals surface area (Å²) >= 11 is 0. The minimum atomic E-state index is 0.844. The van der Waals surface area contributed by atoms with Gasteiger partial charge in [0.05, 0.1) is 0 Å². The average molecular weight is 136 g/mol. The highest BCUT2D eigenvalue weighted by Crippen LogP contribution is 2.07. The lowest BCUT2D eigenvalue weighted by molar-refractivity contribution is 0.397. The standard InChI is InChI=1S/C8H10NO/c1-2-7-10-8-3-5-9-6-4-8/h3-7H,2H2,1H3. The third-order valence-electron chi connectivity index (χ3n) is 1.04. The molecule has 1 aromatic heterocycles. The Morgan fingerprint density at radius 1 is 1.50 bits per heavy atom. The van der Waals surface area contributed by atoms with Crippen molar-refractivity contribution in [3.05, 3.63) is 31.1 Å². The van der Waals surface area contributed by atoms with E-state index in [9.17, 15) is 0 Å². The maximum atomic E-state index is 5.19. The lowest BCUT2D eigenvalue weighted by Gasteiger charge is -2.00. The van der Waals surface area contributed by atoms with Crippen molar-refractivity contribution in [1.82, 2.24) is 4.98 Å². The van der Waals surface area contributed by atoms with Gasteiger partial charge in [-0.15, -0.1) is 0 Å². The van der Waals surface area contributed by atoms with E-state index in [2.05, 4.69) is 4.98 Å². The van der Waals surface area contributed by atoms with Crippen LogP contribution in [0.2, 0.25) is 0 Å². The molecular formula is C8H10NO. The second kappa shape index (κ2) is 3.88. The highest BCUT2D eigenvalue weighted by molar-refractivity contribution is 5.17. The summed E-state index contributed by atoms with van der Waals surface area (Å²) in [5, 5.41) is 0. The number of ether oxygens (including phenoxy) is 1. The maximum Gasteiger partial charge on any atom is 0.135 e. The Kier molecular flexibility index (Phi) is 2.74. The quantitative estimate of drug-likeness (QED) is 0.634. The minimum Gasteiger partial charge on any atom is -0.486 e. The van der Waals surface area contributed by atoms with Gasteiger partial charge in [-0.2, -0.15) is 0 Å². The fraction of sp³-hybridized carbons (Fsp3) is 0.250. The Morgan fingerprint density at radius 2 is 2.20 bits per heavy atom. The molecule has 0 amide bonds. The van der Waals surface area contributed by atoms with Gasteiger partial charge in [0.2, 0.25) is 0 Å². The summed E-state index contributed by atoms with van der Waals surface area (Å²) in [6.07, 6.45) is 4.33. The predicted molar refractivity (Wildman–Crippen MR) is 39.5 cm³/mol. The van der Waals surface area contributed by atoms with Crippen LogP contribution in [0.5, 0.6) is 5.75 Å². The van der Waals surface area contributed by atoms with E-state index in [0.29, 0.717) is 0 Å². The first-order valence-corrected chi connectivity index (χ1v) is 3.32. The summed E-state index contributed by atoms with van der Waals surface area (Å²) in [5.41, 5.74) is 0. The molecule has 0 unspecified atom stereocenters. The lowest BCUT2D eigenvalue weighted by atomic mass is 10.4. The second-order valence-electron chi connectivity index (χ2n) is 1.88. The third kappa shape index (κ3) is 2.05. The molecule has 0 N–H and O–H groups in total. The lowest BCUT2D eigenvalue weighted by Crippen LogP contribution is -1.87. The van der Waals surface area contributed by atoms with Gasteiger partial charge in [-0.05, 0) is 18.6 Å². The fourth-order valence-corrected chi connectivity index (χ4v) is 0.596. The molecule has 53 valence electrons. The smallest absolute Gasteiger partial charge is 0.135 e. The molecule has 0 saturated carbocycles. The van der Waals surface area contributed by atoms with Crippen LogP contribution in [0.25, 0.3) is 0 Å². The first-order valence-electron chi connectivity index (χ1n) is 3.32. The summed E-state index contributed by atoms with van der Waals surface area (Å²) in [5.74, 6) is 0.844. The summed E-state index contributed by atoms with van der Waals surface area (Å²) in [7, 11) is 0. The zero-order chi connectivity index (χ0) is 7.23. The molecule has 1 rings (SSSR count). The van der Waals surface area contributed by atoms with Crippen LogP contribution in [-0.4, -0.2) is 4.98 Å². The summed E-state index contributed by atoms with van der Waals surface area (Å²) in [4.78, 5) is 3.86. The van der Waals surface area contributed by atoms with Gasteiger partial charge >= 0.3 is 0 Å². The monoisotopic (exact) mass is 136 g/mol. The Hall–Kier alpha value is -1.05. The molecule has 0 aliphatic rings. The molecule has 10 heavy (non-hydrogen) atoms. The number of aromatic nitrogens is 1. The van der Waals surface area contributed by atoms with E-state index in [4.69, 9.17) is 4.74 Å². The summed E-state index contributed by atoms with van der Waals surface area (Å²) < 4.78 is 5.19. The number of hydrogen-bond acceptors (Lipinski definition) is 2. The van der Waals surface area contributed by atoms with Crippen LogP contribution in [0, 0.1) is 6.61 Å². The van der Waals surface area contributed by atoms with Crippen LogP contribution in [0.1, 0.15) is 13.3 Å². The maximum absolute atomic E-state index is 5.19. The van der Waals surface area contributed by atoms with Gasteiger partial charge in [-0.3, -0.25) is 4.98 Å². The predicted octanol–water partition coefficient (Wildman–Crippen LogP) is 2.03. The largest absolute Gasteiger partial charge is 0.486 e. The molecule has 2 nitrogen and oxygen atoms in total. The van der Waals surface area contributed by atoms with Gasteiger partial charge in [0.15, 0.2) is 0 Å². The van der Waals surface area contributed by atoms with Crippen LogP contribution < -0.4 is 4.74 Å². The molecule has 0 aromatic carbocycles. The highest BCUT2D eigenvalue weighted by Gasteiger charge is 1.87. The zero-order valence-electron chi connectivity index (χ0n) is 5.95. The van der Waals surface area contributed by atoms with Crippen molar-refractivity contribution in [3.8, 4) is 5.75 Å². The van der Waals surface area contributed by atoms with E-state index in [1.165, 1.54) is 0 Å².